The monoisotopic (exact) mass is 804 g/mol. The van der Waals surface area contributed by atoms with Crippen LogP contribution in [0.5, 0.6) is 0 Å². The molecule has 0 heterocycles. The van der Waals surface area contributed by atoms with Crippen molar-refractivity contribution >= 4 is 16.4 Å². The summed E-state index contributed by atoms with van der Waals surface area (Å²) >= 11 is -5.47. The Kier molecular flexibility index (Phi) is 8.05. The van der Waals surface area contributed by atoms with Gasteiger partial charge in [0.05, 0.1) is 0 Å². The average Bonchev–Trinajstić information content (AvgIpc) is 3.67. The Balaban J connectivity index is 1.59. The summed E-state index contributed by atoms with van der Waals surface area (Å²) in [5.41, 5.74) is 13.9. The van der Waals surface area contributed by atoms with E-state index in [0.29, 0.717) is 31.0 Å². The van der Waals surface area contributed by atoms with Crippen molar-refractivity contribution in [3.8, 4) is 22.3 Å². The molecule has 0 aromatic heterocycles. The fourth-order valence-electron chi connectivity index (χ4n) is 12.2. The van der Waals surface area contributed by atoms with Crippen molar-refractivity contribution in [3.05, 3.63) is 130 Å². The van der Waals surface area contributed by atoms with Crippen LogP contribution in [0, 0.1) is 11.8 Å². The van der Waals surface area contributed by atoms with Crippen LogP contribution in [0.4, 0.5) is 0 Å². The maximum atomic E-state index is 5.97. The van der Waals surface area contributed by atoms with E-state index < -0.39 is 15.1 Å². The van der Waals surface area contributed by atoms with E-state index in [1.165, 1.54) is 64.0 Å². The zero-order chi connectivity index (χ0) is 34.8. The molecule has 2 unspecified atom stereocenters. The van der Waals surface area contributed by atoms with Crippen LogP contribution in [0.25, 0.3) is 34.4 Å². The first-order valence-electron chi connectivity index (χ1n) is 18.8. The third kappa shape index (κ3) is 5.39. The molecule has 48 heavy (non-hydrogen) atoms. The summed E-state index contributed by atoms with van der Waals surface area (Å²) in [6, 6.07) is 32.8. The molecule has 0 nitrogen and oxygen atoms in total. The number of hydrogen-bond donors (Lipinski definition) is 0. The Morgan fingerprint density at radius 1 is 0.521 bits per heavy atom. The number of hydrogen-bond acceptors (Lipinski definition) is 0. The predicted octanol–water partition coefficient (Wildman–Crippen LogP) is 14.5. The Hall–Kier alpha value is -2.90. The van der Waals surface area contributed by atoms with Crippen molar-refractivity contribution in [1.29, 1.82) is 0 Å². The molecule has 6 rings (SSSR count). The van der Waals surface area contributed by atoms with Gasteiger partial charge in [0, 0.05) is 0 Å². The van der Waals surface area contributed by atoms with Gasteiger partial charge in [0.1, 0.15) is 0 Å². The van der Waals surface area contributed by atoms with E-state index in [2.05, 4.69) is 174 Å². The van der Waals surface area contributed by atoms with Crippen molar-refractivity contribution in [2.45, 2.75) is 92.3 Å². The number of rotatable bonds is 10. The van der Waals surface area contributed by atoms with E-state index in [0.717, 1.165) is 0 Å². The van der Waals surface area contributed by atoms with Gasteiger partial charge in [-0.05, 0) is 0 Å². The van der Waals surface area contributed by atoms with Crippen LogP contribution in [0.3, 0.4) is 0 Å². The second kappa shape index (κ2) is 11.1. The van der Waals surface area contributed by atoms with Crippen LogP contribution in [-0.4, -0.2) is 4.26 Å². The van der Waals surface area contributed by atoms with Gasteiger partial charge in [0.25, 0.3) is 0 Å². The zero-order valence-corrected chi connectivity index (χ0v) is 35.1. The molecule has 0 saturated heterocycles. The quantitative estimate of drug-likeness (QED) is 0.140. The van der Waals surface area contributed by atoms with Crippen molar-refractivity contribution in [1.82, 2.24) is 0 Å². The zero-order valence-electron chi connectivity index (χ0n) is 31.5. The van der Waals surface area contributed by atoms with Gasteiger partial charge in [0.2, 0.25) is 0 Å². The van der Waals surface area contributed by atoms with E-state index in [-0.39, 0.29) is 0 Å². The van der Waals surface area contributed by atoms with Crippen LogP contribution >= 0.6 is 0 Å². The molecule has 0 N–H and O–H groups in total. The molecule has 0 fully saturated rings. The first-order valence-corrected chi connectivity index (χ1v) is 37.7. The van der Waals surface area contributed by atoms with Gasteiger partial charge < -0.3 is 0 Å². The molecule has 1 heteroatoms. The summed E-state index contributed by atoms with van der Waals surface area (Å²) in [5.74, 6) is 2.10. The summed E-state index contributed by atoms with van der Waals surface area (Å²) in [6.07, 6.45) is 10.2. The SMILES string of the molecule is [CH2]=[Hf]([CH3])([CH3])([CH2]C(C)C)([CH2]C(C)C)([CH]1C=Cc2c(-c3ccc(C(C)C)cc3)cccc21)[CH]1C=Cc2c(-c3ccc(C(C)C)cc3)cccc21. The molecule has 2 aliphatic carbocycles. The van der Waals surface area contributed by atoms with E-state index in [4.69, 9.17) is 4.26 Å². The topological polar surface area (TPSA) is 0 Å². The van der Waals surface area contributed by atoms with Crippen LogP contribution in [0.15, 0.2) is 97.1 Å². The third-order valence-corrected chi connectivity index (χ3v) is 57.1. The van der Waals surface area contributed by atoms with E-state index in [1.807, 2.05) is 0 Å². The van der Waals surface area contributed by atoms with Crippen molar-refractivity contribution in [3.63, 3.8) is 0 Å². The minimum absolute atomic E-state index is 0.290. The maximum absolute atomic E-state index is 5.97. The Labute approximate surface area is 286 Å². The van der Waals surface area contributed by atoms with E-state index >= 15 is 0 Å². The van der Waals surface area contributed by atoms with E-state index in [9.17, 15) is 0 Å². The predicted molar refractivity (Wildman–Crippen MR) is 214 cm³/mol. The summed E-state index contributed by atoms with van der Waals surface area (Å²) in [7, 11) is 0. The fraction of sp³-hybridized carbons (Fsp3) is 0.383. The molecule has 252 valence electrons. The van der Waals surface area contributed by atoms with Gasteiger partial charge in [-0.25, -0.2) is 0 Å². The molecule has 2 aliphatic rings. The molecular weight excluding hydrogens is 743 g/mol. The van der Waals surface area contributed by atoms with Crippen molar-refractivity contribution in [2.24, 2.45) is 11.8 Å². The van der Waals surface area contributed by atoms with Gasteiger partial charge in [-0.15, -0.1) is 0 Å². The molecule has 0 saturated carbocycles. The minimum atomic E-state index is -5.47. The first-order chi connectivity index (χ1) is 22.4. The van der Waals surface area contributed by atoms with Gasteiger partial charge in [-0.1, -0.05) is 0 Å². The molecule has 4 aromatic rings. The second-order valence-corrected chi connectivity index (χ2v) is 69.9. The van der Waals surface area contributed by atoms with Crippen LogP contribution in [0.1, 0.15) is 108 Å². The van der Waals surface area contributed by atoms with Gasteiger partial charge >= 0.3 is 288 Å². The Morgan fingerprint density at radius 2 is 0.875 bits per heavy atom. The molecule has 0 spiro atoms. The van der Waals surface area contributed by atoms with Gasteiger partial charge in [0.15, 0.2) is 0 Å². The van der Waals surface area contributed by atoms with Crippen LogP contribution in [0.2, 0.25) is 17.7 Å². The first kappa shape index (κ1) is 34.9. The second-order valence-electron chi connectivity index (χ2n) is 20.0. The third-order valence-electron chi connectivity index (χ3n) is 13.2. The summed E-state index contributed by atoms with van der Waals surface area (Å²) in [4.78, 5) is 0. The molecule has 2 atom stereocenters. The number of benzene rings is 4. The number of allylic oxidation sites excluding steroid dienone is 2. The summed E-state index contributed by atoms with van der Waals surface area (Å²) in [5, 5.41) is 0. The Bertz CT molecular complexity index is 1900. The molecule has 0 radical (unpaired) electrons. The van der Waals surface area contributed by atoms with Crippen molar-refractivity contribution in [2.75, 3.05) is 0 Å². The number of fused-ring (bicyclic) bond motifs is 2. The van der Waals surface area contributed by atoms with Gasteiger partial charge in [-0.2, -0.15) is 0 Å². The molecular formula is C47H60Hf. The fourth-order valence-corrected chi connectivity index (χ4v) is 64.1. The molecule has 0 bridgehead atoms. The van der Waals surface area contributed by atoms with Gasteiger partial charge in [-0.3, -0.25) is 0 Å². The summed E-state index contributed by atoms with van der Waals surface area (Å²) in [6.45, 7) is 18.9. The Morgan fingerprint density at radius 3 is 1.19 bits per heavy atom. The molecule has 4 aromatic carbocycles. The average molecular weight is 803 g/mol. The van der Waals surface area contributed by atoms with Crippen LogP contribution in [-0.2, 0) is 15.1 Å². The molecule has 0 aliphatic heterocycles. The molecule has 0 amide bonds. The summed E-state index contributed by atoms with van der Waals surface area (Å²) < 4.78 is 14.5. The van der Waals surface area contributed by atoms with Crippen LogP contribution < -0.4 is 0 Å². The normalized spacial score (nSPS) is 19.4. The van der Waals surface area contributed by atoms with E-state index in [1.54, 1.807) is 0 Å². The van der Waals surface area contributed by atoms with Crippen molar-refractivity contribution < 1.29 is 15.1 Å². The standard InChI is InChI=1S/2C18H17.2C4H9.2CH3.CH2.Hf/c2*1-13(2)14-9-11-16(12-10-14)18-8-4-6-15-5-3-7-17(15)18;2*1-4(2)3;;;;/h2*3-13H,1-2H3;2*4H,1H2,2-3H3;2*1H3;1H2;.